The normalized spacial score (nSPS) is 16.1. The van der Waals surface area contributed by atoms with E-state index in [9.17, 15) is 23.2 Å². The van der Waals surface area contributed by atoms with Gasteiger partial charge >= 0.3 is 12.1 Å². The first kappa shape index (κ1) is 31.4. The molecule has 40 heavy (non-hydrogen) atoms. The Morgan fingerprint density at radius 1 is 1.02 bits per heavy atom. The highest BCUT2D eigenvalue weighted by Gasteiger charge is 2.53. The number of nitrogens with one attached hydrogen (secondary N) is 1. The highest BCUT2D eigenvalue weighted by molar-refractivity contribution is 6.74. The van der Waals surface area contributed by atoms with Crippen LogP contribution in [0.4, 0.5) is 13.6 Å². The van der Waals surface area contributed by atoms with E-state index in [4.69, 9.17) is 18.6 Å². The van der Waals surface area contributed by atoms with Gasteiger partial charge in [-0.05, 0) is 41.9 Å². The first-order chi connectivity index (χ1) is 18.7. The number of ether oxygens (including phenoxy) is 3. The third-order valence-electron chi connectivity index (χ3n) is 7.41. The number of benzene rings is 2. The van der Waals surface area contributed by atoms with Gasteiger partial charge in [0.2, 0.25) is 5.78 Å². The lowest BCUT2D eigenvalue weighted by molar-refractivity contribution is -0.156. The van der Waals surface area contributed by atoms with Gasteiger partial charge in [0.25, 0.3) is 0 Å². The van der Waals surface area contributed by atoms with Crippen LogP contribution in [0.2, 0.25) is 18.1 Å². The van der Waals surface area contributed by atoms with Crippen molar-refractivity contribution in [2.75, 3.05) is 19.8 Å². The molecule has 1 N–H and O–H groups in total. The zero-order chi connectivity index (χ0) is 29.6. The fraction of sp³-hybridized carbons (Fsp3) is 0.483. The zero-order valence-corrected chi connectivity index (χ0v) is 24.6. The second-order valence-electron chi connectivity index (χ2n) is 11.3. The van der Waals surface area contributed by atoms with Crippen LogP contribution < -0.4 is 5.32 Å². The monoisotopic (exact) mass is 577 g/mol. The molecule has 0 aliphatic carbocycles. The number of halogens is 2. The van der Waals surface area contributed by atoms with Crippen molar-refractivity contribution >= 4 is 26.2 Å². The van der Waals surface area contributed by atoms with Crippen molar-refractivity contribution in [3.05, 3.63) is 71.3 Å². The summed E-state index contributed by atoms with van der Waals surface area (Å²) in [4.78, 5) is 39.1. The minimum Gasteiger partial charge on any atom is -0.456 e. The number of carbonyl (C=O) groups is 3. The first-order valence-electron chi connectivity index (χ1n) is 13.1. The summed E-state index contributed by atoms with van der Waals surface area (Å²) in [5, 5.41) is 2.39. The van der Waals surface area contributed by atoms with Crippen LogP contribution in [0.1, 0.15) is 49.5 Å². The maximum Gasteiger partial charge on any atom is 0.408 e. The molecule has 2 aromatic carbocycles. The van der Waals surface area contributed by atoms with E-state index in [-0.39, 0.29) is 37.7 Å². The Balaban J connectivity index is 1.87. The van der Waals surface area contributed by atoms with Crippen molar-refractivity contribution in [1.82, 2.24) is 5.32 Å². The number of hydrogen-bond acceptors (Lipinski definition) is 7. The molecule has 1 heterocycles. The molecule has 0 aromatic heterocycles. The first-order valence-corrected chi connectivity index (χ1v) is 16.0. The number of esters is 1. The molecule has 11 heteroatoms. The maximum atomic E-state index is 14.1. The van der Waals surface area contributed by atoms with Crippen molar-refractivity contribution in [3.8, 4) is 0 Å². The van der Waals surface area contributed by atoms with Crippen molar-refractivity contribution in [3.63, 3.8) is 0 Å². The van der Waals surface area contributed by atoms with Crippen LogP contribution in [0.15, 0.2) is 48.5 Å². The van der Waals surface area contributed by atoms with E-state index in [0.29, 0.717) is 0 Å². The molecule has 1 fully saturated rings. The van der Waals surface area contributed by atoms with Gasteiger partial charge in [0.15, 0.2) is 21.0 Å². The van der Waals surface area contributed by atoms with Crippen LogP contribution in [0, 0.1) is 11.6 Å². The summed E-state index contributed by atoms with van der Waals surface area (Å²) in [5.41, 5.74) is -1.01. The number of rotatable bonds is 10. The Morgan fingerprint density at radius 2 is 1.68 bits per heavy atom. The molecule has 0 spiro atoms. The minimum atomic E-state index is -2.52. The number of ketones is 1. The molecule has 1 saturated heterocycles. The van der Waals surface area contributed by atoms with E-state index >= 15 is 0 Å². The Kier molecular flexibility index (Phi) is 10.2. The number of amides is 1. The number of carbonyl (C=O) groups excluding carboxylic acids is 3. The number of alkyl carbamates (subject to hydrolysis) is 1. The lowest BCUT2D eigenvalue weighted by Gasteiger charge is -2.49. The topological polar surface area (TPSA) is 100 Å². The largest absolute Gasteiger partial charge is 0.456 e. The van der Waals surface area contributed by atoms with Gasteiger partial charge in [-0.15, -0.1) is 0 Å². The van der Waals surface area contributed by atoms with Crippen LogP contribution in [0.3, 0.4) is 0 Å². The third kappa shape index (κ3) is 7.95. The molecule has 0 bridgehead atoms. The quantitative estimate of drug-likeness (QED) is 0.224. The molecule has 3 rings (SSSR count). The van der Waals surface area contributed by atoms with Gasteiger partial charge in [0.05, 0.1) is 11.2 Å². The molecule has 0 saturated carbocycles. The molecule has 1 amide bonds. The van der Waals surface area contributed by atoms with E-state index in [1.165, 1.54) is 0 Å². The minimum absolute atomic E-state index is 0.0367. The fourth-order valence-electron chi connectivity index (χ4n) is 4.12. The van der Waals surface area contributed by atoms with Crippen molar-refractivity contribution in [1.29, 1.82) is 0 Å². The van der Waals surface area contributed by atoms with Crippen molar-refractivity contribution in [2.24, 2.45) is 0 Å². The Labute approximate surface area is 234 Å². The van der Waals surface area contributed by atoms with Gasteiger partial charge in [0, 0.05) is 26.1 Å². The Bertz CT molecular complexity index is 1190. The molecule has 8 nitrogen and oxygen atoms in total. The van der Waals surface area contributed by atoms with Crippen molar-refractivity contribution in [2.45, 2.75) is 70.0 Å². The van der Waals surface area contributed by atoms with Crippen LogP contribution in [-0.4, -0.2) is 57.6 Å². The highest BCUT2D eigenvalue weighted by Crippen LogP contribution is 2.43. The van der Waals surface area contributed by atoms with E-state index in [2.05, 4.69) is 5.32 Å². The predicted molar refractivity (Wildman–Crippen MR) is 146 cm³/mol. The maximum absolute atomic E-state index is 14.1. The summed E-state index contributed by atoms with van der Waals surface area (Å²) in [6, 6.07) is 10.1. The van der Waals surface area contributed by atoms with Gasteiger partial charge in [-0.25, -0.2) is 18.4 Å². The van der Waals surface area contributed by atoms with Gasteiger partial charge in [0.1, 0.15) is 18.2 Å². The molecular formula is C29H37F2NO7Si. The molecular weight excluding hydrogens is 540 g/mol. The van der Waals surface area contributed by atoms with Crippen LogP contribution in [-0.2, 0) is 30.0 Å². The lowest BCUT2D eigenvalue weighted by Crippen LogP contribution is -2.65. The average Bonchev–Trinajstić information content (AvgIpc) is 2.90. The van der Waals surface area contributed by atoms with Crippen LogP contribution in [0.25, 0.3) is 0 Å². The van der Waals surface area contributed by atoms with Gasteiger partial charge < -0.3 is 24.0 Å². The molecule has 1 unspecified atom stereocenters. The molecule has 2 aromatic rings. The molecule has 1 aliphatic rings. The molecule has 1 aliphatic heterocycles. The number of Topliss-reactive ketones (excluding diaryl/α,β-unsaturated/α-hetero) is 1. The van der Waals surface area contributed by atoms with Gasteiger partial charge in [-0.3, -0.25) is 4.79 Å². The summed E-state index contributed by atoms with van der Waals surface area (Å²) in [7, 11) is -2.52. The third-order valence-corrected chi connectivity index (χ3v) is 11.9. The highest BCUT2D eigenvalue weighted by atomic mass is 28.4. The standard InChI is InChI=1S/C29H37F2NO7Si/c1-28(2,3)40(4,5)39-29(13-15-36-16-14-29)25(32-27(35)38-18-20-9-7-6-8-10-20)26(34)37-19-24(33)22-17-21(30)11-12-23(22)31/h6-12,17,25H,13-16,18-19H2,1-5H3,(H,32,35). The number of hydrogen-bond donors (Lipinski definition) is 1. The smallest absolute Gasteiger partial charge is 0.408 e. The van der Waals surface area contributed by atoms with Gasteiger partial charge in [-0.2, -0.15) is 0 Å². The second kappa shape index (κ2) is 13.0. The Hall–Kier alpha value is -3.15. The summed E-state index contributed by atoms with van der Waals surface area (Å²) in [6.45, 7) is 9.84. The average molecular weight is 578 g/mol. The van der Waals surface area contributed by atoms with E-state index < -0.39 is 61.6 Å². The molecule has 218 valence electrons. The van der Waals surface area contributed by atoms with E-state index in [1.807, 2.05) is 39.9 Å². The van der Waals surface area contributed by atoms with Crippen molar-refractivity contribution < 1.29 is 41.8 Å². The van der Waals surface area contributed by atoms with Crippen LogP contribution >= 0.6 is 0 Å². The van der Waals surface area contributed by atoms with E-state index in [1.54, 1.807) is 24.3 Å². The predicted octanol–water partition coefficient (Wildman–Crippen LogP) is 5.56. The summed E-state index contributed by atoms with van der Waals surface area (Å²) >= 11 is 0. The zero-order valence-electron chi connectivity index (χ0n) is 23.6. The lowest BCUT2D eigenvalue weighted by atomic mass is 9.86. The molecule has 1 atom stereocenters. The fourth-order valence-corrected chi connectivity index (χ4v) is 5.77. The Morgan fingerprint density at radius 3 is 2.30 bits per heavy atom. The summed E-state index contributed by atoms with van der Waals surface area (Å²) < 4.78 is 50.8. The SMILES string of the molecule is CC(C)(C)[Si](C)(C)OC1(C(NC(=O)OCc2ccccc2)C(=O)OCC(=O)c2cc(F)ccc2F)CCOCC1. The summed E-state index contributed by atoms with van der Waals surface area (Å²) in [6.07, 6.45) is -0.340. The summed E-state index contributed by atoms with van der Waals surface area (Å²) in [5.74, 6) is -3.63. The van der Waals surface area contributed by atoms with E-state index in [0.717, 1.165) is 23.8 Å². The second-order valence-corrected chi connectivity index (χ2v) is 16.1. The van der Waals surface area contributed by atoms with Gasteiger partial charge in [-0.1, -0.05) is 51.1 Å². The molecule has 0 radical (unpaired) electrons. The van der Waals surface area contributed by atoms with Crippen LogP contribution in [0.5, 0.6) is 0 Å².